The van der Waals surface area contributed by atoms with Gasteiger partial charge < -0.3 is 9.64 Å². The van der Waals surface area contributed by atoms with Gasteiger partial charge in [-0.1, -0.05) is 29.8 Å². The Kier molecular flexibility index (Phi) is 6.64. The van der Waals surface area contributed by atoms with Gasteiger partial charge in [0.2, 0.25) is 5.95 Å². The molecule has 0 bridgehead atoms. The fraction of sp³-hybridized carbons (Fsp3) is 0.238. The normalized spacial score (nSPS) is 11.0. The number of nitrogens with zero attached hydrogens (tertiary/aromatic N) is 5. The van der Waals surface area contributed by atoms with Gasteiger partial charge in [-0.2, -0.15) is 10.1 Å². The number of ether oxygens (including phenoxy) is 1. The number of nitrogens with one attached hydrogen (secondary N) is 1. The molecule has 0 radical (unpaired) electrons. The lowest BCUT2D eigenvalue weighted by Gasteiger charge is -2.18. The van der Waals surface area contributed by atoms with Crippen molar-refractivity contribution in [3.05, 3.63) is 66.0 Å². The lowest BCUT2D eigenvalue weighted by Crippen LogP contribution is -2.24. The zero-order chi connectivity index (χ0) is 19.8. The number of aryl methyl sites for hydroxylation is 1. The quantitative estimate of drug-likeness (QED) is 0.480. The Morgan fingerprint density at radius 3 is 2.71 bits per heavy atom. The SMILES string of the molecule is COCCN(C)c1nc(NN=Cc2cccc(C)c2)cc(-c2ccncc2)n1. The maximum absolute atomic E-state index is 5.16. The van der Waals surface area contributed by atoms with E-state index in [4.69, 9.17) is 4.74 Å². The fourth-order valence-corrected chi connectivity index (χ4v) is 2.58. The molecule has 2 aromatic heterocycles. The van der Waals surface area contributed by atoms with Crippen molar-refractivity contribution in [2.24, 2.45) is 5.10 Å². The number of benzene rings is 1. The highest BCUT2D eigenvalue weighted by Crippen LogP contribution is 2.22. The molecule has 144 valence electrons. The molecular formula is C21H24N6O. The zero-order valence-corrected chi connectivity index (χ0v) is 16.3. The Bertz CT molecular complexity index is 929. The number of methoxy groups -OCH3 is 1. The van der Waals surface area contributed by atoms with E-state index in [2.05, 4.69) is 44.5 Å². The summed E-state index contributed by atoms with van der Waals surface area (Å²) in [4.78, 5) is 15.3. The largest absolute Gasteiger partial charge is 0.383 e. The second-order valence-electron chi connectivity index (χ2n) is 6.37. The topological polar surface area (TPSA) is 75.5 Å². The van der Waals surface area contributed by atoms with Gasteiger partial charge in [0.15, 0.2) is 5.82 Å². The van der Waals surface area contributed by atoms with Crippen molar-refractivity contribution in [1.29, 1.82) is 0 Å². The van der Waals surface area contributed by atoms with Crippen LogP contribution in [0.15, 0.2) is 60.0 Å². The molecule has 28 heavy (non-hydrogen) atoms. The van der Waals surface area contributed by atoms with Crippen LogP contribution >= 0.6 is 0 Å². The number of pyridine rings is 1. The third-order valence-corrected chi connectivity index (χ3v) is 4.10. The lowest BCUT2D eigenvalue weighted by molar-refractivity contribution is 0.206. The van der Waals surface area contributed by atoms with E-state index >= 15 is 0 Å². The molecule has 7 nitrogen and oxygen atoms in total. The van der Waals surface area contributed by atoms with E-state index in [9.17, 15) is 0 Å². The first-order chi connectivity index (χ1) is 13.7. The first kappa shape index (κ1) is 19.4. The van der Waals surface area contributed by atoms with Gasteiger partial charge in [0.05, 0.1) is 18.5 Å². The molecular weight excluding hydrogens is 352 g/mol. The number of aromatic nitrogens is 3. The molecule has 0 aliphatic heterocycles. The number of hydrazone groups is 1. The fourth-order valence-electron chi connectivity index (χ4n) is 2.58. The Morgan fingerprint density at radius 2 is 1.96 bits per heavy atom. The van der Waals surface area contributed by atoms with Crippen LogP contribution in [0.1, 0.15) is 11.1 Å². The number of rotatable bonds is 8. The van der Waals surface area contributed by atoms with E-state index in [1.165, 1.54) is 5.56 Å². The third-order valence-electron chi connectivity index (χ3n) is 4.10. The van der Waals surface area contributed by atoms with E-state index in [0.29, 0.717) is 24.9 Å². The Labute approximate surface area is 165 Å². The maximum Gasteiger partial charge on any atom is 0.227 e. The minimum atomic E-state index is 0.591. The van der Waals surface area contributed by atoms with Crippen molar-refractivity contribution < 1.29 is 4.74 Å². The van der Waals surface area contributed by atoms with E-state index < -0.39 is 0 Å². The molecule has 1 N–H and O–H groups in total. The highest BCUT2D eigenvalue weighted by atomic mass is 16.5. The van der Waals surface area contributed by atoms with Crippen molar-refractivity contribution in [2.45, 2.75) is 6.92 Å². The van der Waals surface area contributed by atoms with Crippen LogP contribution in [0.5, 0.6) is 0 Å². The van der Waals surface area contributed by atoms with E-state index in [1.54, 1.807) is 25.7 Å². The number of anilines is 2. The first-order valence-electron chi connectivity index (χ1n) is 9.01. The molecule has 0 aliphatic rings. The molecule has 3 aromatic rings. The zero-order valence-electron chi connectivity index (χ0n) is 16.3. The predicted molar refractivity (Wildman–Crippen MR) is 113 cm³/mol. The molecule has 2 heterocycles. The molecule has 0 spiro atoms. The van der Waals surface area contributed by atoms with Crippen molar-refractivity contribution in [3.63, 3.8) is 0 Å². The van der Waals surface area contributed by atoms with Gasteiger partial charge >= 0.3 is 0 Å². The smallest absolute Gasteiger partial charge is 0.227 e. The van der Waals surface area contributed by atoms with Crippen LogP contribution in [-0.4, -0.2) is 48.5 Å². The van der Waals surface area contributed by atoms with Gasteiger partial charge in [-0.25, -0.2) is 4.98 Å². The molecule has 7 heteroatoms. The van der Waals surface area contributed by atoms with Crippen LogP contribution in [0.25, 0.3) is 11.3 Å². The molecule has 0 atom stereocenters. The van der Waals surface area contributed by atoms with E-state index in [0.717, 1.165) is 16.8 Å². The molecule has 0 amide bonds. The van der Waals surface area contributed by atoms with Crippen LogP contribution in [0.3, 0.4) is 0 Å². The summed E-state index contributed by atoms with van der Waals surface area (Å²) < 4.78 is 5.16. The second-order valence-corrected chi connectivity index (χ2v) is 6.37. The molecule has 0 unspecified atom stereocenters. The Morgan fingerprint density at radius 1 is 1.14 bits per heavy atom. The van der Waals surface area contributed by atoms with Crippen molar-refractivity contribution in [1.82, 2.24) is 15.0 Å². The van der Waals surface area contributed by atoms with Gasteiger partial charge in [-0.05, 0) is 24.6 Å². The van der Waals surface area contributed by atoms with Crippen LogP contribution in [0, 0.1) is 6.92 Å². The highest BCUT2D eigenvalue weighted by molar-refractivity contribution is 5.80. The molecule has 3 rings (SSSR count). The molecule has 0 saturated heterocycles. The van der Waals surface area contributed by atoms with Gasteiger partial charge in [-0.3, -0.25) is 10.4 Å². The molecule has 0 fully saturated rings. The average molecular weight is 376 g/mol. The van der Waals surface area contributed by atoms with Gasteiger partial charge in [0.1, 0.15) is 0 Å². The average Bonchev–Trinajstić information content (AvgIpc) is 2.72. The molecule has 0 saturated carbocycles. The monoisotopic (exact) mass is 376 g/mol. The van der Waals surface area contributed by atoms with Gasteiger partial charge in [0, 0.05) is 44.7 Å². The summed E-state index contributed by atoms with van der Waals surface area (Å²) in [7, 11) is 3.61. The number of hydrogen-bond donors (Lipinski definition) is 1. The second kappa shape index (κ2) is 9.57. The minimum Gasteiger partial charge on any atom is -0.383 e. The summed E-state index contributed by atoms with van der Waals surface area (Å²) in [5.74, 6) is 1.21. The van der Waals surface area contributed by atoms with E-state index in [-0.39, 0.29) is 0 Å². The summed E-state index contributed by atoms with van der Waals surface area (Å²) in [6.45, 7) is 3.33. The summed E-state index contributed by atoms with van der Waals surface area (Å²) in [6.07, 6.45) is 5.26. The Hall–Kier alpha value is -3.32. The van der Waals surface area contributed by atoms with Crippen LogP contribution < -0.4 is 10.3 Å². The van der Waals surface area contributed by atoms with Crippen LogP contribution in [-0.2, 0) is 4.74 Å². The first-order valence-corrected chi connectivity index (χ1v) is 9.01. The Balaban J connectivity index is 1.86. The number of hydrogen-bond acceptors (Lipinski definition) is 7. The maximum atomic E-state index is 5.16. The van der Waals surface area contributed by atoms with Crippen LogP contribution in [0.2, 0.25) is 0 Å². The van der Waals surface area contributed by atoms with Crippen molar-refractivity contribution >= 4 is 18.0 Å². The summed E-state index contributed by atoms with van der Waals surface area (Å²) >= 11 is 0. The molecule has 1 aromatic carbocycles. The summed E-state index contributed by atoms with van der Waals surface area (Å²) in [5, 5.41) is 4.33. The van der Waals surface area contributed by atoms with Gasteiger partial charge in [0.25, 0.3) is 0 Å². The van der Waals surface area contributed by atoms with Crippen LogP contribution in [0.4, 0.5) is 11.8 Å². The highest BCUT2D eigenvalue weighted by Gasteiger charge is 2.10. The summed E-state index contributed by atoms with van der Waals surface area (Å²) in [5.41, 5.74) is 6.99. The minimum absolute atomic E-state index is 0.591. The van der Waals surface area contributed by atoms with Crippen molar-refractivity contribution in [2.75, 3.05) is 37.6 Å². The summed E-state index contributed by atoms with van der Waals surface area (Å²) in [6, 6.07) is 13.8. The predicted octanol–water partition coefficient (Wildman–Crippen LogP) is 3.38. The molecule has 0 aliphatic carbocycles. The van der Waals surface area contributed by atoms with Gasteiger partial charge in [-0.15, -0.1) is 0 Å². The standard InChI is InChI=1S/C21H24N6O/c1-16-5-4-6-17(13-16)15-23-26-20-14-19(18-7-9-22-10-8-18)24-21(25-20)27(2)11-12-28-3/h4-10,13-15H,11-12H2,1-3H3,(H,24,25,26). The van der Waals surface area contributed by atoms with E-state index in [1.807, 2.05) is 42.3 Å². The van der Waals surface area contributed by atoms with Crippen molar-refractivity contribution in [3.8, 4) is 11.3 Å². The number of likely N-dealkylation sites (N-methyl/N-ethyl adjacent to an activating group) is 1. The lowest BCUT2D eigenvalue weighted by atomic mass is 10.2. The third kappa shape index (κ3) is 5.34.